The van der Waals surface area contributed by atoms with Gasteiger partial charge >= 0.3 is 0 Å². The molecule has 0 saturated heterocycles. The third-order valence-electron chi connectivity index (χ3n) is 4.34. The van der Waals surface area contributed by atoms with Gasteiger partial charge in [-0.25, -0.2) is 4.98 Å². The number of benzene rings is 1. The van der Waals surface area contributed by atoms with Crippen molar-refractivity contribution in [2.75, 3.05) is 23.7 Å². The Hall–Kier alpha value is -3.42. The van der Waals surface area contributed by atoms with Crippen LogP contribution in [0.25, 0.3) is 10.9 Å². The van der Waals surface area contributed by atoms with E-state index >= 15 is 0 Å². The highest BCUT2D eigenvalue weighted by molar-refractivity contribution is 5.90. The Bertz CT molecular complexity index is 1050. The fourth-order valence-corrected chi connectivity index (χ4v) is 2.95. The van der Waals surface area contributed by atoms with Gasteiger partial charge in [-0.2, -0.15) is 4.98 Å². The van der Waals surface area contributed by atoms with Gasteiger partial charge in [0.05, 0.1) is 5.52 Å². The number of nitrogens with one attached hydrogen (secondary N) is 4. The number of carbonyl (C=O) groups is 1. The normalized spacial score (nSPS) is 10.7. The van der Waals surface area contributed by atoms with Gasteiger partial charge in [0.1, 0.15) is 11.2 Å². The molecule has 0 bridgehead atoms. The summed E-state index contributed by atoms with van der Waals surface area (Å²) in [4.78, 5) is 35.5. The molecule has 1 amide bonds. The van der Waals surface area contributed by atoms with Crippen LogP contribution in [-0.2, 0) is 4.79 Å². The molecule has 3 rings (SSSR count). The molecule has 0 spiro atoms. The van der Waals surface area contributed by atoms with Crippen LogP contribution in [0.15, 0.2) is 41.3 Å². The molecule has 0 aliphatic rings. The van der Waals surface area contributed by atoms with Gasteiger partial charge in [0, 0.05) is 31.4 Å². The molecule has 0 atom stereocenters. The number of aryl methyl sites for hydroxylation is 1. The minimum Gasteiger partial charge on any atom is -0.356 e. The number of H-pyrrole nitrogens is 1. The fraction of sp³-hybridized carbons (Fsp3) is 0.333. The van der Waals surface area contributed by atoms with Crippen LogP contribution in [-0.4, -0.2) is 33.9 Å². The smallest absolute Gasteiger partial charge is 0.261 e. The zero-order valence-corrected chi connectivity index (χ0v) is 16.7. The van der Waals surface area contributed by atoms with Gasteiger partial charge in [0.15, 0.2) is 0 Å². The summed E-state index contributed by atoms with van der Waals surface area (Å²) >= 11 is 0. The minimum absolute atomic E-state index is 0.0679. The number of hydrogen-bond donors (Lipinski definition) is 4. The Labute approximate surface area is 169 Å². The lowest BCUT2D eigenvalue weighted by atomic mass is 10.2. The Morgan fingerprint density at radius 2 is 2.03 bits per heavy atom. The number of carbonyl (C=O) groups excluding carboxylic acids is 1. The van der Waals surface area contributed by atoms with Crippen molar-refractivity contribution >= 4 is 34.3 Å². The van der Waals surface area contributed by atoms with E-state index in [1.165, 1.54) is 0 Å². The lowest BCUT2D eigenvalue weighted by Crippen LogP contribution is -2.25. The number of nitrogens with zero attached hydrogens (tertiary/aromatic N) is 2. The summed E-state index contributed by atoms with van der Waals surface area (Å²) in [5, 5.41) is 9.69. The molecule has 0 aliphatic heterocycles. The standard InChI is InChI=1S/C21H26N6O2/c1-3-6-17(28)22-10-5-11-24-21-26-16-9-12-23-20(29)18(16)19(27-21)25-15-8-4-7-14(2)13-15/h4,7-9,12-13H,3,5-6,10-11H2,1-2H3,(H,22,28)(H,23,29)(H2,24,25,26,27). The predicted octanol–water partition coefficient (Wildman–Crippen LogP) is 3.09. The molecular weight excluding hydrogens is 368 g/mol. The topological polar surface area (TPSA) is 112 Å². The molecule has 152 valence electrons. The summed E-state index contributed by atoms with van der Waals surface area (Å²) in [7, 11) is 0. The van der Waals surface area contributed by atoms with Crippen LogP contribution in [0.5, 0.6) is 0 Å². The Morgan fingerprint density at radius 3 is 2.83 bits per heavy atom. The van der Waals surface area contributed by atoms with Gasteiger partial charge in [0.25, 0.3) is 5.56 Å². The lowest BCUT2D eigenvalue weighted by Gasteiger charge is -2.12. The van der Waals surface area contributed by atoms with E-state index in [2.05, 4.69) is 30.9 Å². The fourth-order valence-electron chi connectivity index (χ4n) is 2.95. The first-order valence-corrected chi connectivity index (χ1v) is 9.80. The van der Waals surface area contributed by atoms with Gasteiger partial charge in [-0.3, -0.25) is 9.59 Å². The molecule has 0 saturated carbocycles. The maximum Gasteiger partial charge on any atom is 0.261 e. The van der Waals surface area contributed by atoms with Crippen molar-refractivity contribution in [2.24, 2.45) is 0 Å². The average Bonchev–Trinajstić information content (AvgIpc) is 2.68. The highest BCUT2D eigenvalue weighted by Crippen LogP contribution is 2.23. The maximum atomic E-state index is 12.3. The number of hydrogen-bond acceptors (Lipinski definition) is 6. The number of amides is 1. The Kier molecular flexibility index (Phi) is 6.78. The van der Waals surface area contributed by atoms with Gasteiger partial charge in [-0.15, -0.1) is 0 Å². The molecule has 1 aromatic carbocycles. The van der Waals surface area contributed by atoms with Crippen molar-refractivity contribution in [2.45, 2.75) is 33.1 Å². The Morgan fingerprint density at radius 1 is 1.17 bits per heavy atom. The molecule has 8 nitrogen and oxygen atoms in total. The van der Waals surface area contributed by atoms with Crippen molar-refractivity contribution in [3.8, 4) is 0 Å². The number of anilines is 3. The van der Waals surface area contributed by atoms with Gasteiger partial charge in [0.2, 0.25) is 11.9 Å². The highest BCUT2D eigenvalue weighted by Gasteiger charge is 2.11. The van der Waals surface area contributed by atoms with Crippen LogP contribution in [0, 0.1) is 6.92 Å². The second-order valence-corrected chi connectivity index (χ2v) is 6.84. The quantitative estimate of drug-likeness (QED) is 0.415. The van der Waals surface area contributed by atoms with E-state index in [0.29, 0.717) is 42.2 Å². The van der Waals surface area contributed by atoms with Crippen LogP contribution in [0.4, 0.5) is 17.5 Å². The van der Waals surface area contributed by atoms with E-state index in [4.69, 9.17) is 0 Å². The molecule has 0 radical (unpaired) electrons. The first kappa shape index (κ1) is 20.3. The van der Waals surface area contributed by atoms with Gasteiger partial charge < -0.3 is 20.9 Å². The van der Waals surface area contributed by atoms with Crippen LogP contribution in [0.3, 0.4) is 0 Å². The zero-order chi connectivity index (χ0) is 20.6. The van der Waals surface area contributed by atoms with E-state index in [9.17, 15) is 9.59 Å². The highest BCUT2D eigenvalue weighted by atomic mass is 16.1. The monoisotopic (exact) mass is 394 g/mol. The molecule has 0 fully saturated rings. The van der Waals surface area contributed by atoms with E-state index in [0.717, 1.165) is 24.1 Å². The van der Waals surface area contributed by atoms with Gasteiger partial charge in [-0.1, -0.05) is 19.1 Å². The third kappa shape index (κ3) is 5.54. The van der Waals surface area contributed by atoms with Crippen molar-refractivity contribution < 1.29 is 4.79 Å². The largest absolute Gasteiger partial charge is 0.356 e. The molecule has 8 heteroatoms. The van der Waals surface area contributed by atoms with Gasteiger partial charge in [-0.05, 0) is 43.5 Å². The summed E-state index contributed by atoms with van der Waals surface area (Å²) < 4.78 is 0. The summed E-state index contributed by atoms with van der Waals surface area (Å²) in [6.07, 6.45) is 3.70. The number of rotatable bonds is 9. The summed E-state index contributed by atoms with van der Waals surface area (Å²) in [6.45, 7) is 5.17. The average molecular weight is 394 g/mol. The van der Waals surface area contributed by atoms with Crippen molar-refractivity contribution in [1.29, 1.82) is 0 Å². The minimum atomic E-state index is -0.247. The van der Waals surface area contributed by atoms with Crippen LogP contribution < -0.4 is 21.5 Å². The third-order valence-corrected chi connectivity index (χ3v) is 4.34. The van der Waals surface area contributed by atoms with Crippen molar-refractivity contribution in [3.05, 3.63) is 52.4 Å². The molecule has 0 aliphatic carbocycles. The summed E-state index contributed by atoms with van der Waals surface area (Å²) in [5.74, 6) is 0.942. The van der Waals surface area contributed by atoms with E-state index < -0.39 is 0 Å². The number of fused-ring (bicyclic) bond motifs is 1. The molecule has 3 aromatic rings. The second-order valence-electron chi connectivity index (χ2n) is 6.84. The van der Waals surface area contributed by atoms with Crippen LogP contribution in [0.2, 0.25) is 0 Å². The summed E-state index contributed by atoms with van der Waals surface area (Å²) in [6, 6.07) is 9.59. The SMILES string of the molecule is CCCC(=O)NCCCNc1nc(Nc2cccc(C)c2)c2c(=O)[nH]ccc2n1. The molecule has 29 heavy (non-hydrogen) atoms. The van der Waals surface area contributed by atoms with E-state index in [1.807, 2.05) is 38.1 Å². The van der Waals surface area contributed by atoms with E-state index in [1.54, 1.807) is 12.3 Å². The second kappa shape index (κ2) is 9.68. The van der Waals surface area contributed by atoms with Crippen molar-refractivity contribution in [1.82, 2.24) is 20.3 Å². The number of aromatic amines is 1. The first-order chi connectivity index (χ1) is 14.1. The molecule has 4 N–H and O–H groups in total. The maximum absolute atomic E-state index is 12.3. The van der Waals surface area contributed by atoms with E-state index in [-0.39, 0.29) is 11.5 Å². The number of pyridine rings is 1. The Balaban J connectivity index is 1.75. The zero-order valence-electron chi connectivity index (χ0n) is 16.7. The molecule has 0 unspecified atom stereocenters. The number of aromatic nitrogens is 3. The van der Waals surface area contributed by atoms with Crippen molar-refractivity contribution in [3.63, 3.8) is 0 Å². The van der Waals surface area contributed by atoms with Crippen LogP contribution >= 0.6 is 0 Å². The first-order valence-electron chi connectivity index (χ1n) is 9.80. The molecular formula is C21H26N6O2. The lowest BCUT2D eigenvalue weighted by molar-refractivity contribution is -0.121. The predicted molar refractivity (Wildman–Crippen MR) is 116 cm³/mol. The van der Waals surface area contributed by atoms with Crippen LogP contribution in [0.1, 0.15) is 31.7 Å². The molecule has 2 heterocycles. The molecule has 2 aromatic heterocycles. The summed E-state index contributed by atoms with van der Waals surface area (Å²) in [5.41, 5.74) is 2.25.